The molecule has 0 atom stereocenters. The van der Waals surface area contributed by atoms with Crippen LogP contribution in [0, 0.1) is 0 Å². The first-order chi connectivity index (χ1) is 2.77. The molecule has 0 saturated heterocycles. The molecule has 0 aromatic carbocycles. The summed E-state index contributed by atoms with van der Waals surface area (Å²) in [6.07, 6.45) is 1.10. The van der Waals surface area contributed by atoms with Gasteiger partial charge in [-0.05, 0) is 19.1 Å². The number of hydrogen-bond donors (Lipinski definition) is 1. The van der Waals surface area contributed by atoms with Gasteiger partial charge in [0, 0.05) is 0 Å². The Balaban J connectivity index is 3.03. The summed E-state index contributed by atoms with van der Waals surface area (Å²) in [6, 6.07) is 0. The van der Waals surface area contributed by atoms with E-state index >= 15 is 0 Å². The fourth-order valence-electron chi connectivity index (χ4n) is 0.133. The van der Waals surface area contributed by atoms with Crippen LogP contribution in [0.15, 0.2) is 12.1 Å². The third-order valence-electron chi connectivity index (χ3n) is 0.365. The van der Waals surface area contributed by atoms with Gasteiger partial charge in [0.15, 0.2) is 0 Å². The lowest BCUT2D eigenvalue weighted by molar-refractivity contribution is 0.475. The maximum atomic E-state index is 8.07. The van der Waals surface area contributed by atoms with Crippen molar-refractivity contribution in [3.8, 4) is 0 Å². The van der Waals surface area contributed by atoms with Gasteiger partial charge in [-0.1, -0.05) is 7.92 Å². The SMILES string of the molecule is CP(C)C=CO. The predicted octanol–water partition coefficient (Wildman–Crippen LogP) is 1.76. The zero-order chi connectivity index (χ0) is 4.99. The van der Waals surface area contributed by atoms with Crippen molar-refractivity contribution in [2.75, 3.05) is 13.3 Å². The summed E-state index contributed by atoms with van der Waals surface area (Å²) in [6.45, 7) is 4.14. The summed E-state index contributed by atoms with van der Waals surface area (Å²) < 4.78 is 0. The van der Waals surface area contributed by atoms with Crippen molar-refractivity contribution < 1.29 is 5.11 Å². The molecule has 0 rings (SSSR count). The van der Waals surface area contributed by atoms with E-state index in [-0.39, 0.29) is 7.92 Å². The second kappa shape index (κ2) is 3.17. The monoisotopic (exact) mass is 104 g/mol. The van der Waals surface area contributed by atoms with Crippen molar-refractivity contribution in [3.63, 3.8) is 0 Å². The van der Waals surface area contributed by atoms with Crippen molar-refractivity contribution in [1.29, 1.82) is 0 Å². The summed E-state index contributed by atoms with van der Waals surface area (Å²) in [7, 11) is -0.0311. The Morgan fingerprint density at radius 3 is 2.00 bits per heavy atom. The van der Waals surface area contributed by atoms with E-state index in [1.54, 1.807) is 5.82 Å². The number of aliphatic hydroxyl groups excluding tert-OH is 1. The molecule has 0 amide bonds. The third kappa shape index (κ3) is 3.97. The summed E-state index contributed by atoms with van der Waals surface area (Å²) in [5.41, 5.74) is 0. The lowest BCUT2D eigenvalue weighted by Gasteiger charge is -1.87. The van der Waals surface area contributed by atoms with Crippen molar-refractivity contribution in [1.82, 2.24) is 0 Å². The standard InChI is InChI=1S/C4H9OP/c1-6(2)4-3-5/h3-5H,1-2H3. The summed E-state index contributed by atoms with van der Waals surface area (Å²) in [5.74, 6) is 1.79. The smallest absolute Gasteiger partial charge is 0.0796 e. The second-order valence-electron chi connectivity index (χ2n) is 1.26. The Hall–Kier alpha value is -0.0300. The molecule has 0 aromatic rings. The molecule has 0 saturated carbocycles. The average Bonchev–Trinajstić information content (AvgIpc) is 1.35. The quantitative estimate of drug-likeness (QED) is 0.397. The van der Waals surface area contributed by atoms with Crippen LogP contribution in [0.3, 0.4) is 0 Å². The van der Waals surface area contributed by atoms with E-state index in [1.165, 1.54) is 0 Å². The van der Waals surface area contributed by atoms with Crippen molar-refractivity contribution in [3.05, 3.63) is 12.1 Å². The van der Waals surface area contributed by atoms with Crippen LogP contribution in [0.1, 0.15) is 0 Å². The van der Waals surface area contributed by atoms with Gasteiger partial charge < -0.3 is 5.11 Å². The van der Waals surface area contributed by atoms with Gasteiger partial charge in [-0.25, -0.2) is 0 Å². The fraction of sp³-hybridized carbons (Fsp3) is 0.500. The van der Waals surface area contributed by atoms with E-state index in [9.17, 15) is 0 Å². The number of rotatable bonds is 1. The normalized spacial score (nSPS) is 11.2. The molecular weight excluding hydrogens is 95.0 g/mol. The first-order valence-electron chi connectivity index (χ1n) is 1.74. The van der Waals surface area contributed by atoms with Gasteiger partial charge in [0.05, 0.1) is 6.26 Å². The molecule has 0 aromatic heterocycles. The first kappa shape index (κ1) is 5.97. The maximum absolute atomic E-state index is 8.07. The maximum Gasteiger partial charge on any atom is 0.0796 e. The zero-order valence-corrected chi connectivity index (χ0v) is 4.94. The van der Waals surface area contributed by atoms with Crippen LogP contribution in [0.5, 0.6) is 0 Å². The minimum atomic E-state index is -0.0311. The Morgan fingerprint density at radius 2 is 2.00 bits per heavy atom. The van der Waals surface area contributed by atoms with Gasteiger partial charge in [0.1, 0.15) is 0 Å². The van der Waals surface area contributed by atoms with Crippen molar-refractivity contribution >= 4 is 7.92 Å². The van der Waals surface area contributed by atoms with Crippen LogP contribution >= 0.6 is 7.92 Å². The molecule has 0 unspecified atom stereocenters. The molecule has 2 heteroatoms. The highest BCUT2D eigenvalue weighted by molar-refractivity contribution is 7.59. The van der Waals surface area contributed by atoms with Crippen molar-refractivity contribution in [2.24, 2.45) is 0 Å². The minimum Gasteiger partial charge on any atom is -0.516 e. The number of hydrogen-bond acceptors (Lipinski definition) is 1. The van der Waals surface area contributed by atoms with Gasteiger partial charge in [-0.15, -0.1) is 0 Å². The Labute approximate surface area is 39.4 Å². The number of aliphatic hydroxyl groups is 1. The molecule has 0 bridgehead atoms. The lowest BCUT2D eigenvalue weighted by atomic mass is 11.2. The van der Waals surface area contributed by atoms with Gasteiger partial charge in [-0.3, -0.25) is 0 Å². The van der Waals surface area contributed by atoms with Crippen LogP contribution in [-0.2, 0) is 0 Å². The van der Waals surface area contributed by atoms with Gasteiger partial charge in [-0.2, -0.15) is 0 Å². The molecule has 1 nitrogen and oxygen atoms in total. The van der Waals surface area contributed by atoms with E-state index < -0.39 is 0 Å². The van der Waals surface area contributed by atoms with Gasteiger partial charge in [0.2, 0.25) is 0 Å². The topological polar surface area (TPSA) is 20.2 Å². The molecule has 1 N–H and O–H groups in total. The Bertz CT molecular complexity index is 49.5. The molecule has 0 heterocycles. The Kier molecular flexibility index (Phi) is 3.16. The summed E-state index contributed by atoms with van der Waals surface area (Å²) in [5, 5.41) is 8.07. The second-order valence-corrected chi connectivity index (χ2v) is 3.49. The van der Waals surface area contributed by atoms with E-state index in [0.29, 0.717) is 0 Å². The third-order valence-corrected chi connectivity index (χ3v) is 1.09. The molecule has 0 aliphatic heterocycles. The van der Waals surface area contributed by atoms with Crippen molar-refractivity contribution in [2.45, 2.75) is 0 Å². The predicted molar refractivity (Wildman–Crippen MR) is 30.5 cm³/mol. The van der Waals surface area contributed by atoms with Crippen LogP contribution in [0.4, 0.5) is 0 Å². The first-order valence-corrected chi connectivity index (χ1v) is 4.05. The van der Waals surface area contributed by atoms with E-state index in [0.717, 1.165) is 6.26 Å². The highest BCUT2D eigenvalue weighted by atomic mass is 31.1. The Morgan fingerprint density at radius 1 is 1.50 bits per heavy atom. The lowest BCUT2D eigenvalue weighted by Crippen LogP contribution is -1.53. The van der Waals surface area contributed by atoms with Crippen LogP contribution in [0.2, 0.25) is 0 Å². The van der Waals surface area contributed by atoms with E-state index in [2.05, 4.69) is 13.3 Å². The molecule has 6 heavy (non-hydrogen) atoms. The molecular formula is C4H9OP. The molecule has 0 fully saturated rings. The van der Waals surface area contributed by atoms with E-state index in [4.69, 9.17) is 5.11 Å². The highest BCUT2D eigenvalue weighted by Gasteiger charge is 1.76. The molecule has 0 spiro atoms. The molecule has 0 aliphatic rings. The summed E-state index contributed by atoms with van der Waals surface area (Å²) in [4.78, 5) is 0. The fourth-order valence-corrected chi connectivity index (χ4v) is 0.400. The van der Waals surface area contributed by atoms with Gasteiger partial charge in [0.25, 0.3) is 0 Å². The van der Waals surface area contributed by atoms with Gasteiger partial charge >= 0.3 is 0 Å². The largest absolute Gasteiger partial charge is 0.516 e. The van der Waals surface area contributed by atoms with E-state index in [1.807, 2.05) is 0 Å². The molecule has 36 valence electrons. The van der Waals surface area contributed by atoms with Crippen LogP contribution in [0.25, 0.3) is 0 Å². The zero-order valence-electron chi connectivity index (χ0n) is 4.05. The average molecular weight is 104 g/mol. The molecule has 0 radical (unpaired) electrons. The van der Waals surface area contributed by atoms with Crippen LogP contribution in [-0.4, -0.2) is 18.4 Å². The molecule has 0 aliphatic carbocycles. The highest BCUT2D eigenvalue weighted by Crippen LogP contribution is 2.24. The van der Waals surface area contributed by atoms with Crippen LogP contribution < -0.4 is 0 Å². The minimum absolute atomic E-state index is 0.0311. The summed E-state index contributed by atoms with van der Waals surface area (Å²) >= 11 is 0.